The number of aromatic nitrogens is 5. The maximum absolute atomic E-state index is 14.8. The second kappa shape index (κ2) is 9.46. The summed E-state index contributed by atoms with van der Waals surface area (Å²) in [6.07, 6.45) is 5.53. The molecule has 3 aromatic heterocycles. The molecule has 0 aliphatic rings. The van der Waals surface area contributed by atoms with Gasteiger partial charge in [0.15, 0.2) is 0 Å². The number of carbonyl (C=O) groups is 1. The van der Waals surface area contributed by atoms with Crippen LogP contribution in [0.3, 0.4) is 0 Å². The predicted octanol–water partition coefficient (Wildman–Crippen LogP) is 5.61. The van der Waals surface area contributed by atoms with Crippen LogP contribution in [0, 0.1) is 19.7 Å². The summed E-state index contributed by atoms with van der Waals surface area (Å²) in [6, 6.07) is 16.0. The molecule has 2 aromatic carbocycles. The number of H-pyrrole nitrogens is 1. The molecule has 5 aromatic rings. The van der Waals surface area contributed by atoms with Crippen molar-refractivity contribution in [3.05, 3.63) is 95.0 Å². The second-order valence-corrected chi connectivity index (χ2v) is 8.48. The number of nitrogens with one attached hydrogen (secondary N) is 3. The summed E-state index contributed by atoms with van der Waals surface area (Å²) >= 11 is 0. The van der Waals surface area contributed by atoms with E-state index >= 15 is 0 Å². The maximum atomic E-state index is 14.8. The van der Waals surface area contributed by atoms with Crippen LogP contribution >= 0.6 is 0 Å². The molecule has 3 N–H and O–H groups in total. The minimum atomic E-state index is -0.425. The van der Waals surface area contributed by atoms with E-state index in [2.05, 4.69) is 30.9 Å². The Bertz CT molecular complexity index is 1600. The number of anilines is 3. The number of amides is 1. The van der Waals surface area contributed by atoms with Crippen molar-refractivity contribution in [2.24, 2.45) is 7.05 Å². The molecule has 0 unspecified atom stereocenters. The summed E-state index contributed by atoms with van der Waals surface area (Å²) in [4.78, 5) is 17.0. The first-order chi connectivity index (χ1) is 17.4. The number of hydrogen-bond acceptors (Lipinski definition) is 5. The fourth-order valence-electron chi connectivity index (χ4n) is 3.95. The molecule has 0 fully saturated rings. The van der Waals surface area contributed by atoms with Gasteiger partial charge in [0.1, 0.15) is 11.5 Å². The maximum Gasteiger partial charge on any atom is 0.273 e. The van der Waals surface area contributed by atoms with Gasteiger partial charge in [-0.05, 0) is 80.1 Å². The molecule has 0 saturated carbocycles. The van der Waals surface area contributed by atoms with Gasteiger partial charge in [-0.1, -0.05) is 6.07 Å². The first-order valence-corrected chi connectivity index (χ1v) is 11.3. The summed E-state index contributed by atoms with van der Waals surface area (Å²) < 4.78 is 16.3. The Morgan fingerprint density at radius 1 is 1.06 bits per heavy atom. The second-order valence-electron chi connectivity index (χ2n) is 8.48. The van der Waals surface area contributed by atoms with Crippen LogP contribution in [-0.2, 0) is 7.05 Å². The number of carbonyl (C=O) groups excluding carboxylic acids is 1. The topological polar surface area (TPSA) is 101 Å². The molecular weight excluding hydrogens is 457 g/mol. The molecule has 0 bridgehead atoms. The quantitative estimate of drug-likeness (QED) is 0.293. The summed E-state index contributed by atoms with van der Waals surface area (Å²) in [6.45, 7) is 3.56. The Morgan fingerprint density at radius 3 is 2.67 bits per heavy atom. The van der Waals surface area contributed by atoms with Crippen LogP contribution < -0.4 is 10.6 Å². The minimum absolute atomic E-state index is 0.242. The van der Waals surface area contributed by atoms with Crippen molar-refractivity contribution in [2.45, 2.75) is 13.8 Å². The number of hydrogen-bond donors (Lipinski definition) is 3. The summed E-state index contributed by atoms with van der Waals surface area (Å²) in [7, 11) is 1.71. The van der Waals surface area contributed by atoms with E-state index in [9.17, 15) is 9.18 Å². The number of halogens is 1. The van der Waals surface area contributed by atoms with Gasteiger partial charge in [0.25, 0.3) is 5.91 Å². The lowest BCUT2D eigenvalue weighted by atomic mass is 10.1. The van der Waals surface area contributed by atoms with E-state index in [0.29, 0.717) is 22.6 Å². The standard InChI is InChI=1S/C27H24FN7O/c1-16-12-21(28)25(15-23(16)31-27(36)26-13-17(2)34-35(26)3)30-19-7-9-20-22(32-33-24(20)14-19)10-8-18-6-4-5-11-29-18/h4-15,30H,1-3H3,(H,31,36)(H,32,33). The van der Waals surface area contributed by atoms with Gasteiger partial charge in [-0.15, -0.1) is 0 Å². The highest BCUT2D eigenvalue weighted by Crippen LogP contribution is 2.29. The van der Waals surface area contributed by atoms with Crippen molar-refractivity contribution in [3.8, 4) is 0 Å². The molecule has 0 radical (unpaired) electrons. The van der Waals surface area contributed by atoms with Crippen LogP contribution in [-0.4, -0.2) is 30.9 Å². The van der Waals surface area contributed by atoms with Crippen molar-refractivity contribution in [1.82, 2.24) is 25.0 Å². The summed E-state index contributed by atoms with van der Waals surface area (Å²) in [5.41, 5.74) is 5.61. The number of nitrogens with zero attached hydrogens (tertiary/aromatic N) is 4. The molecule has 9 heteroatoms. The van der Waals surface area contributed by atoms with Gasteiger partial charge in [-0.2, -0.15) is 10.2 Å². The Labute approximate surface area is 206 Å². The van der Waals surface area contributed by atoms with E-state index in [1.54, 1.807) is 32.3 Å². The molecule has 3 heterocycles. The number of rotatable bonds is 6. The lowest BCUT2D eigenvalue weighted by molar-refractivity contribution is 0.101. The lowest BCUT2D eigenvalue weighted by Gasteiger charge is -2.13. The van der Waals surface area contributed by atoms with Gasteiger partial charge in [0.2, 0.25) is 0 Å². The van der Waals surface area contributed by atoms with Crippen LogP contribution in [0.5, 0.6) is 0 Å². The smallest absolute Gasteiger partial charge is 0.273 e. The molecule has 180 valence electrons. The molecule has 8 nitrogen and oxygen atoms in total. The average molecular weight is 482 g/mol. The molecule has 1 amide bonds. The summed E-state index contributed by atoms with van der Waals surface area (Å²) in [5.74, 6) is -0.741. The average Bonchev–Trinajstić information content (AvgIpc) is 3.42. The fourth-order valence-corrected chi connectivity index (χ4v) is 3.95. The third-order valence-corrected chi connectivity index (χ3v) is 5.77. The third kappa shape index (κ3) is 4.72. The van der Waals surface area contributed by atoms with Crippen molar-refractivity contribution in [2.75, 3.05) is 10.6 Å². The zero-order valence-electron chi connectivity index (χ0n) is 20.0. The zero-order valence-corrected chi connectivity index (χ0v) is 20.0. The lowest BCUT2D eigenvalue weighted by Crippen LogP contribution is -2.17. The fraction of sp³-hybridized carbons (Fsp3) is 0.111. The monoisotopic (exact) mass is 481 g/mol. The van der Waals surface area contributed by atoms with Gasteiger partial charge in [0, 0.05) is 30.0 Å². The molecule has 0 aliphatic heterocycles. The number of benzene rings is 2. The first-order valence-electron chi connectivity index (χ1n) is 11.3. The van der Waals surface area contributed by atoms with E-state index in [-0.39, 0.29) is 11.6 Å². The van der Waals surface area contributed by atoms with Gasteiger partial charge in [-0.25, -0.2) is 4.39 Å². The molecule has 0 saturated heterocycles. The summed E-state index contributed by atoms with van der Waals surface area (Å²) in [5, 5.41) is 18.5. The Balaban J connectivity index is 1.37. The van der Waals surface area contributed by atoms with Crippen LogP contribution in [0.2, 0.25) is 0 Å². The molecule has 0 spiro atoms. The number of pyridine rings is 1. The molecule has 0 aliphatic carbocycles. The SMILES string of the molecule is Cc1cc(C(=O)Nc2cc(Nc3ccc4c(C=Cc5ccccn5)n[nH]c4c3)c(F)cc2C)n(C)n1. The van der Waals surface area contributed by atoms with E-state index in [0.717, 1.165) is 28.0 Å². The van der Waals surface area contributed by atoms with E-state index in [1.165, 1.54) is 10.7 Å². The highest BCUT2D eigenvalue weighted by molar-refractivity contribution is 6.04. The van der Waals surface area contributed by atoms with Crippen molar-refractivity contribution in [1.29, 1.82) is 0 Å². The molecular formula is C27H24FN7O. The van der Waals surface area contributed by atoms with Gasteiger partial charge < -0.3 is 10.6 Å². The van der Waals surface area contributed by atoms with Crippen molar-refractivity contribution < 1.29 is 9.18 Å². The first kappa shape index (κ1) is 23.0. The van der Waals surface area contributed by atoms with Crippen LogP contribution in [0.25, 0.3) is 23.1 Å². The number of aryl methyl sites for hydroxylation is 3. The largest absolute Gasteiger partial charge is 0.353 e. The van der Waals surface area contributed by atoms with Gasteiger partial charge in [-0.3, -0.25) is 19.6 Å². The molecule has 36 heavy (non-hydrogen) atoms. The van der Waals surface area contributed by atoms with Crippen LogP contribution in [0.15, 0.2) is 60.8 Å². The third-order valence-electron chi connectivity index (χ3n) is 5.77. The van der Waals surface area contributed by atoms with Gasteiger partial charge in [0.05, 0.1) is 28.3 Å². The zero-order chi connectivity index (χ0) is 25.2. The van der Waals surface area contributed by atoms with Gasteiger partial charge >= 0.3 is 0 Å². The number of fused-ring (bicyclic) bond motifs is 1. The predicted molar refractivity (Wildman–Crippen MR) is 140 cm³/mol. The van der Waals surface area contributed by atoms with Crippen LogP contribution in [0.4, 0.5) is 21.5 Å². The Kier molecular flexibility index (Phi) is 6.03. The number of aromatic amines is 1. The Hall–Kier alpha value is -4.79. The van der Waals surface area contributed by atoms with Crippen molar-refractivity contribution in [3.63, 3.8) is 0 Å². The van der Waals surface area contributed by atoms with E-state index in [4.69, 9.17) is 0 Å². The highest BCUT2D eigenvalue weighted by atomic mass is 19.1. The molecule has 5 rings (SSSR count). The highest BCUT2D eigenvalue weighted by Gasteiger charge is 2.15. The molecule has 0 atom stereocenters. The Morgan fingerprint density at radius 2 is 1.92 bits per heavy atom. The van der Waals surface area contributed by atoms with E-state index < -0.39 is 5.82 Å². The van der Waals surface area contributed by atoms with E-state index in [1.807, 2.05) is 55.5 Å². The van der Waals surface area contributed by atoms with Crippen LogP contribution in [0.1, 0.15) is 33.1 Å². The van der Waals surface area contributed by atoms with Crippen molar-refractivity contribution >= 4 is 46.0 Å². The normalized spacial score (nSPS) is 11.3. The minimum Gasteiger partial charge on any atom is -0.353 e.